The number of hydrogen-bond acceptors (Lipinski definition) is 2. The van der Waals surface area contributed by atoms with E-state index in [2.05, 4.69) is 44.1 Å². The van der Waals surface area contributed by atoms with Crippen molar-refractivity contribution in [1.82, 2.24) is 10.3 Å². The number of nitrogens with one attached hydrogen (secondary N) is 1. The Morgan fingerprint density at radius 3 is 2.43 bits per heavy atom. The molecular formula is C12H20N2. The minimum Gasteiger partial charge on any atom is -0.307 e. The predicted octanol–water partition coefficient (Wildman–Crippen LogP) is 2.78. The van der Waals surface area contributed by atoms with Gasteiger partial charge in [-0.2, -0.15) is 0 Å². The Hall–Kier alpha value is -0.890. The maximum Gasteiger partial charge on any atom is 0.0315 e. The molecule has 0 saturated carbocycles. The van der Waals surface area contributed by atoms with Crippen LogP contribution in [0, 0.1) is 5.92 Å². The van der Waals surface area contributed by atoms with Gasteiger partial charge < -0.3 is 5.32 Å². The lowest BCUT2D eigenvalue weighted by Gasteiger charge is -2.22. The highest BCUT2D eigenvalue weighted by Crippen LogP contribution is 2.12. The van der Waals surface area contributed by atoms with Crippen LogP contribution in [0.1, 0.15) is 39.3 Å². The maximum absolute atomic E-state index is 4.12. The number of aromatic nitrogens is 1. The summed E-state index contributed by atoms with van der Waals surface area (Å²) in [6.07, 6.45) is 3.73. The summed E-state index contributed by atoms with van der Waals surface area (Å²) in [5.74, 6) is 0.661. The molecular weight excluding hydrogens is 172 g/mol. The molecule has 0 radical (unpaired) electrons. The summed E-state index contributed by atoms with van der Waals surface area (Å²) in [6.45, 7) is 8.86. The number of pyridine rings is 1. The SMILES string of the molecule is CC(C)[C@H](C)N[C@@H](C)c1cccnc1. The molecule has 0 spiro atoms. The fraction of sp³-hybridized carbons (Fsp3) is 0.583. The zero-order valence-corrected chi connectivity index (χ0v) is 9.49. The zero-order chi connectivity index (χ0) is 10.6. The Labute approximate surface area is 86.8 Å². The minimum atomic E-state index is 0.376. The van der Waals surface area contributed by atoms with Crippen molar-refractivity contribution in [2.24, 2.45) is 5.92 Å². The van der Waals surface area contributed by atoms with Crippen LogP contribution in [0.5, 0.6) is 0 Å². The third kappa shape index (κ3) is 3.11. The van der Waals surface area contributed by atoms with Crippen LogP contribution in [-0.4, -0.2) is 11.0 Å². The molecule has 0 aliphatic rings. The van der Waals surface area contributed by atoms with E-state index >= 15 is 0 Å². The third-order valence-electron chi connectivity index (χ3n) is 2.70. The second-order valence-corrected chi connectivity index (χ2v) is 4.21. The normalized spacial score (nSPS) is 15.5. The van der Waals surface area contributed by atoms with Crippen molar-refractivity contribution >= 4 is 0 Å². The van der Waals surface area contributed by atoms with E-state index in [0.717, 1.165) is 0 Å². The first-order valence-corrected chi connectivity index (χ1v) is 5.27. The van der Waals surface area contributed by atoms with E-state index in [9.17, 15) is 0 Å². The van der Waals surface area contributed by atoms with Gasteiger partial charge in [0, 0.05) is 24.5 Å². The third-order valence-corrected chi connectivity index (χ3v) is 2.70. The molecule has 2 nitrogen and oxygen atoms in total. The quantitative estimate of drug-likeness (QED) is 0.793. The molecule has 0 bridgehead atoms. The molecule has 1 N–H and O–H groups in total. The van der Waals surface area contributed by atoms with Gasteiger partial charge in [-0.25, -0.2) is 0 Å². The fourth-order valence-corrected chi connectivity index (χ4v) is 1.32. The highest BCUT2D eigenvalue weighted by molar-refractivity contribution is 5.12. The zero-order valence-electron chi connectivity index (χ0n) is 9.49. The molecule has 2 heteroatoms. The van der Waals surface area contributed by atoms with E-state index in [0.29, 0.717) is 18.0 Å². The Balaban J connectivity index is 2.55. The predicted molar refractivity (Wildman–Crippen MR) is 60.1 cm³/mol. The first-order chi connectivity index (χ1) is 6.61. The van der Waals surface area contributed by atoms with Crippen molar-refractivity contribution in [1.29, 1.82) is 0 Å². The van der Waals surface area contributed by atoms with Crippen molar-refractivity contribution in [3.8, 4) is 0 Å². The molecule has 0 aromatic carbocycles. The lowest BCUT2D eigenvalue weighted by molar-refractivity contribution is 0.388. The van der Waals surface area contributed by atoms with Gasteiger partial charge in [0.25, 0.3) is 0 Å². The van der Waals surface area contributed by atoms with E-state index in [1.165, 1.54) is 5.56 Å². The lowest BCUT2D eigenvalue weighted by Crippen LogP contribution is -2.32. The first kappa shape index (κ1) is 11.2. The van der Waals surface area contributed by atoms with Crippen LogP contribution >= 0.6 is 0 Å². The van der Waals surface area contributed by atoms with Crippen molar-refractivity contribution in [3.63, 3.8) is 0 Å². The maximum atomic E-state index is 4.12. The van der Waals surface area contributed by atoms with Gasteiger partial charge in [-0.05, 0) is 31.4 Å². The topological polar surface area (TPSA) is 24.9 Å². The summed E-state index contributed by atoms with van der Waals surface area (Å²) in [4.78, 5) is 4.12. The highest BCUT2D eigenvalue weighted by atomic mass is 14.9. The van der Waals surface area contributed by atoms with Gasteiger partial charge in [-0.3, -0.25) is 4.98 Å². The Bertz CT molecular complexity index is 256. The molecule has 0 saturated heterocycles. The Kier molecular flexibility index (Phi) is 4.08. The molecule has 1 rings (SSSR count). The average Bonchev–Trinajstić information content (AvgIpc) is 2.19. The van der Waals surface area contributed by atoms with Gasteiger partial charge in [0.05, 0.1) is 0 Å². The molecule has 2 atom stereocenters. The van der Waals surface area contributed by atoms with Crippen molar-refractivity contribution in [2.45, 2.75) is 39.8 Å². The van der Waals surface area contributed by atoms with Gasteiger partial charge in [0.15, 0.2) is 0 Å². The second-order valence-electron chi connectivity index (χ2n) is 4.21. The summed E-state index contributed by atoms with van der Waals surface area (Å²) >= 11 is 0. The smallest absolute Gasteiger partial charge is 0.0315 e. The summed E-state index contributed by atoms with van der Waals surface area (Å²) < 4.78 is 0. The summed E-state index contributed by atoms with van der Waals surface area (Å²) in [6, 6.07) is 5.00. The van der Waals surface area contributed by atoms with Crippen molar-refractivity contribution < 1.29 is 0 Å². The van der Waals surface area contributed by atoms with Gasteiger partial charge in [0.1, 0.15) is 0 Å². The standard InChI is InChI=1S/C12H20N2/c1-9(2)10(3)14-11(4)12-6-5-7-13-8-12/h5-11,14H,1-4H3/t10-,11-/m0/s1. The molecule has 14 heavy (non-hydrogen) atoms. The fourth-order valence-electron chi connectivity index (χ4n) is 1.32. The molecule has 1 aromatic rings. The molecule has 0 aliphatic carbocycles. The van der Waals surface area contributed by atoms with E-state index in [-0.39, 0.29) is 0 Å². The van der Waals surface area contributed by atoms with Crippen LogP contribution in [0.3, 0.4) is 0 Å². The average molecular weight is 192 g/mol. The molecule has 78 valence electrons. The summed E-state index contributed by atoms with van der Waals surface area (Å²) in [5, 5.41) is 3.56. The van der Waals surface area contributed by atoms with Crippen LogP contribution in [-0.2, 0) is 0 Å². The first-order valence-electron chi connectivity index (χ1n) is 5.27. The monoisotopic (exact) mass is 192 g/mol. The van der Waals surface area contributed by atoms with Crippen molar-refractivity contribution in [2.75, 3.05) is 0 Å². The van der Waals surface area contributed by atoms with E-state index in [1.54, 1.807) is 0 Å². The Morgan fingerprint density at radius 1 is 1.21 bits per heavy atom. The molecule has 0 amide bonds. The molecule has 1 aromatic heterocycles. The number of rotatable bonds is 4. The number of nitrogens with zero attached hydrogens (tertiary/aromatic N) is 1. The second kappa shape index (κ2) is 5.11. The number of hydrogen-bond donors (Lipinski definition) is 1. The van der Waals surface area contributed by atoms with E-state index in [1.807, 2.05) is 18.5 Å². The van der Waals surface area contributed by atoms with Crippen LogP contribution < -0.4 is 5.32 Å². The van der Waals surface area contributed by atoms with Gasteiger partial charge in [0.2, 0.25) is 0 Å². The van der Waals surface area contributed by atoms with Crippen LogP contribution in [0.15, 0.2) is 24.5 Å². The molecule has 0 unspecified atom stereocenters. The van der Waals surface area contributed by atoms with Crippen molar-refractivity contribution in [3.05, 3.63) is 30.1 Å². The van der Waals surface area contributed by atoms with E-state index in [4.69, 9.17) is 0 Å². The highest BCUT2D eigenvalue weighted by Gasteiger charge is 2.11. The van der Waals surface area contributed by atoms with Gasteiger partial charge in [-0.1, -0.05) is 19.9 Å². The van der Waals surface area contributed by atoms with Crippen LogP contribution in [0.4, 0.5) is 0 Å². The largest absolute Gasteiger partial charge is 0.307 e. The Morgan fingerprint density at radius 2 is 1.93 bits per heavy atom. The van der Waals surface area contributed by atoms with Gasteiger partial charge in [-0.15, -0.1) is 0 Å². The van der Waals surface area contributed by atoms with E-state index < -0.39 is 0 Å². The molecule has 1 heterocycles. The minimum absolute atomic E-state index is 0.376. The molecule has 0 aliphatic heterocycles. The van der Waals surface area contributed by atoms with Gasteiger partial charge >= 0.3 is 0 Å². The van der Waals surface area contributed by atoms with Crippen LogP contribution in [0.25, 0.3) is 0 Å². The summed E-state index contributed by atoms with van der Waals surface area (Å²) in [7, 11) is 0. The summed E-state index contributed by atoms with van der Waals surface area (Å²) in [5.41, 5.74) is 1.25. The van der Waals surface area contributed by atoms with Crippen LogP contribution in [0.2, 0.25) is 0 Å². The molecule has 0 fully saturated rings. The lowest BCUT2D eigenvalue weighted by atomic mass is 10.0.